The molecule has 25 heavy (non-hydrogen) atoms. The van der Waals surface area contributed by atoms with Crippen LogP contribution in [0.1, 0.15) is 63.9 Å². The minimum absolute atomic E-state index is 0.0744. The largest absolute Gasteiger partial charge is 0.454 e. The molecule has 3 fully saturated rings. The Bertz CT molecular complexity index is 719. The van der Waals surface area contributed by atoms with Crippen LogP contribution in [0, 0.1) is 23.7 Å². The molecule has 1 heterocycles. The first kappa shape index (κ1) is 15.7. The van der Waals surface area contributed by atoms with E-state index in [-0.39, 0.29) is 11.9 Å². The van der Waals surface area contributed by atoms with E-state index in [2.05, 4.69) is 31.2 Å². The second-order valence-electron chi connectivity index (χ2n) is 8.70. The molecule has 0 amide bonds. The average Bonchev–Trinajstić information content (AvgIpc) is 2.95. The summed E-state index contributed by atoms with van der Waals surface area (Å²) in [5, 5.41) is 0. The van der Waals surface area contributed by atoms with Crippen molar-refractivity contribution in [2.75, 3.05) is 0 Å². The molecule has 0 N–H and O–H groups in total. The zero-order valence-electron chi connectivity index (χ0n) is 15.2. The Morgan fingerprint density at radius 1 is 0.920 bits per heavy atom. The number of benzene rings is 1. The lowest BCUT2D eigenvalue weighted by atomic mass is 9.54. The zero-order valence-corrected chi connectivity index (χ0v) is 15.2. The van der Waals surface area contributed by atoms with E-state index in [1.165, 1.54) is 56.9 Å². The number of hydrogen-bond donors (Lipinski definition) is 0. The molecule has 3 aliphatic carbocycles. The van der Waals surface area contributed by atoms with Gasteiger partial charge in [-0.2, -0.15) is 0 Å². The number of fused-ring (bicyclic) bond motifs is 5. The van der Waals surface area contributed by atoms with Crippen molar-refractivity contribution >= 4 is 5.97 Å². The number of esters is 1. The van der Waals surface area contributed by atoms with Crippen LogP contribution in [0.2, 0.25) is 0 Å². The fraction of sp³-hybridized carbons (Fsp3) is 0.609. The van der Waals surface area contributed by atoms with E-state index in [0.29, 0.717) is 17.8 Å². The van der Waals surface area contributed by atoms with Crippen LogP contribution in [0.3, 0.4) is 0 Å². The summed E-state index contributed by atoms with van der Waals surface area (Å²) in [5.74, 6) is 1.50. The van der Waals surface area contributed by atoms with Crippen molar-refractivity contribution in [3.63, 3.8) is 0 Å². The van der Waals surface area contributed by atoms with Crippen LogP contribution in [0.25, 0.3) is 0 Å². The predicted molar refractivity (Wildman–Crippen MR) is 97.8 cm³/mol. The van der Waals surface area contributed by atoms with Gasteiger partial charge < -0.3 is 4.74 Å². The van der Waals surface area contributed by atoms with Crippen molar-refractivity contribution in [3.05, 3.63) is 47.0 Å². The molecule has 0 unspecified atom stereocenters. The molecule has 0 bridgehead atoms. The maximum atomic E-state index is 13.1. The lowest BCUT2D eigenvalue weighted by Crippen LogP contribution is -2.45. The van der Waals surface area contributed by atoms with Gasteiger partial charge in [0, 0.05) is 5.92 Å². The van der Waals surface area contributed by atoms with E-state index in [1.807, 2.05) is 6.07 Å². The van der Waals surface area contributed by atoms with Gasteiger partial charge >= 0.3 is 5.97 Å². The van der Waals surface area contributed by atoms with Gasteiger partial charge in [-0.15, -0.1) is 0 Å². The Labute approximate surface area is 150 Å². The number of ether oxygens (including phenoxy) is 1. The molecule has 0 spiro atoms. The quantitative estimate of drug-likeness (QED) is 0.508. The van der Waals surface area contributed by atoms with Crippen LogP contribution in [-0.4, -0.2) is 5.97 Å². The average molecular weight is 336 g/mol. The fourth-order valence-electron chi connectivity index (χ4n) is 6.57. The maximum absolute atomic E-state index is 13.1. The molecule has 1 saturated heterocycles. The summed E-state index contributed by atoms with van der Waals surface area (Å²) in [6.07, 6.45) is 10.1. The van der Waals surface area contributed by atoms with Gasteiger partial charge in [-0.25, -0.2) is 0 Å². The van der Waals surface area contributed by atoms with Gasteiger partial charge in [0.15, 0.2) is 0 Å². The molecule has 0 aromatic heterocycles. The van der Waals surface area contributed by atoms with E-state index in [4.69, 9.17) is 4.74 Å². The summed E-state index contributed by atoms with van der Waals surface area (Å²) >= 11 is 0. The third kappa shape index (κ3) is 2.19. The lowest BCUT2D eigenvalue weighted by molar-refractivity contribution is -0.151. The minimum atomic E-state index is -0.459. The number of cyclic esters (lactones) is 1. The first-order valence-corrected chi connectivity index (χ1v) is 10.2. The Kier molecular flexibility index (Phi) is 3.59. The van der Waals surface area contributed by atoms with Gasteiger partial charge in [0.05, 0.1) is 5.92 Å². The Morgan fingerprint density at radius 2 is 1.56 bits per heavy atom. The Morgan fingerprint density at radius 3 is 2.28 bits per heavy atom. The smallest absolute Gasteiger partial charge is 0.310 e. The summed E-state index contributed by atoms with van der Waals surface area (Å²) in [6, 6.07) is 10.5. The van der Waals surface area contributed by atoms with Gasteiger partial charge in [-0.1, -0.05) is 54.3 Å². The first-order valence-electron chi connectivity index (χ1n) is 10.2. The number of carbonyl (C=O) groups excluding carboxylic acids is 1. The van der Waals surface area contributed by atoms with E-state index in [9.17, 15) is 4.79 Å². The molecular weight excluding hydrogens is 308 g/mol. The molecule has 1 aliphatic heterocycles. The van der Waals surface area contributed by atoms with Crippen molar-refractivity contribution in [1.82, 2.24) is 0 Å². The third-order valence-electron chi connectivity index (χ3n) is 7.55. The van der Waals surface area contributed by atoms with E-state index in [0.717, 1.165) is 0 Å². The normalized spacial score (nSPS) is 40.1. The third-order valence-corrected chi connectivity index (χ3v) is 7.55. The molecule has 4 aliphatic rings. The van der Waals surface area contributed by atoms with Gasteiger partial charge in [0.1, 0.15) is 5.60 Å². The Balaban J connectivity index is 1.66. The van der Waals surface area contributed by atoms with Crippen molar-refractivity contribution in [2.45, 2.75) is 63.9 Å². The minimum Gasteiger partial charge on any atom is -0.454 e. The van der Waals surface area contributed by atoms with Crippen LogP contribution in [-0.2, 0) is 15.1 Å². The highest BCUT2D eigenvalue weighted by Crippen LogP contribution is 2.61. The fourth-order valence-corrected chi connectivity index (χ4v) is 6.57. The summed E-state index contributed by atoms with van der Waals surface area (Å²) in [5.41, 5.74) is 4.13. The van der Waals surface area contributed by atoms with Gasteiger partial charge in [-0.3, -0.25) is 4.79 Å². The first-order chi connectivity index (χ1) is 12.2. The molecule has 132 valence electrons. The topological polar surface area (TPSA) is 26.3 Å². The summed E-state index contributed by atoms with van der Waals surface area (Å²) in [4.78, 5) is 13.1. The summed E-state index contributed by atoms with van der Waals surface area (Å²) in [6.45, 7) is 2.19. The standard InChI is InChI=1S/C23H28O2/c1-23(15-9-3-2-4-10-15)21-19-14-8-6-12-17(19)16-11-5-7-13-18(16)20(21)22(24)25-23/h2-4,9-10,18-21H,5-8,11-14H2,1H3/t18-,19+,20+,21-,23+/m1/s1. The number of rotatable bonds is 1. The number of allylic oxidation sites excluding steroid dienone is 2. The maximum Gasteiger partial charge on any atom is 0.310 e. The van der Waals surface area contributed by atoms with Crippen LogP contribution in [0.15, 0.2) is 41.5 Å². The molecule has 0 radical (unpaired) electrons. The van der Waals surface area contributed by atoms with Gasteiger partial charge in [-0.05, 0) is 62.8 Å². The van der Waals surface area contributed by atoms with E-state index >= 15 is 0 Å². The van der Waals surface area contributed by atoms with Gasteiger partial charge in [0.25, 0.3) is 0 Å². The van der Waals surface area contributed by atoms with Crippen molar-refractivity contribution in [1.29, 1.82) is 0 Å². The van der Waals surface area contributed by atoms with Crippen LogP contribution >= 0.6 is 0 Å². The highest BCUT2D eigenvalue weighted by atomic mass is 16.6. The number of hydrogen-bond acceptors (Lipinski definition) is 2. The van der Waals surface area contributed by atoms with Crippen LogP contribution < -0.4 is 0 Å². The highest BCUT2D eigenvalue weighted by Gasteiger charge is 2.62. The second-order valence-corrected chi connectivity index (χ2v) is 8.70. The summed E-state index contributed by atoms with van der Waals surface area (Å²) in [7, 11) is 0. The summed E-state index contributed by atoms with van der Waals surface area (Å²) < 4.78 is 6.21. The van der Waals surface area contributed by atoms with E-state index < -0.39 is 5.60 Å². The second kappa shape index (κ2) is 5.72. The SMILES string of the molecule is C[C@@]1(c2ccccc2)OC(=O)[C@@H]2[C@H]1[C@H]1CCCCC1=C1CCCC[C@H]12. The highest BCUT2D eigenvalue weighted by molar-refractivity contribution is 5.78. The molecule has 2 saturated carbocycles. The van der Waals surface area contributed by atoms with E-state index in [1.54, 1.807) is 11.1 Å². The van der Waals surface area contributed by atoms with Gasteiger partial charge in [0.2, 0.25) is 0 Å². The Hall–Kier alpha value is -1.57. The molecule has 1 aromatic rings. The molecule has 5 rings (SSSR count). The lowest BCUT2D eigenvalue weighted by Gasteiger charge is -2.48. The molecule has 1 aromatic carbocycles. The molecule has 5 atom stereocenters. The van der Waals surface area contributed by atoms with Crippen LogP contribution in [0.4, 0.5) is 0 Å². The van der Waals surface area contributed by atoms with Crippen molar-refractivity contribution in [3.8, 4) is 0 Å². The van der Waals surface area contributed by atoms with Crippen LogP contribution in [0.5, 0.6) is 0 Å². The molecular formula is C23H28O2. The monoisotopic (exact) mass is 336 g/mol. The van der Waals surface area contributed by atoms with Crippen molar-refractivity contribution in [2.24, 2.45) is 23.7 Å². The molecule has 2 nitrogen and oxygen atoms in total. The number of carbonyl (C=O) groups is 1. The predicted octanol–water partition coefficient (Wildman–Crippen LogP) is 5.38. The molecule has 2 heteroatoms. The zero-order chi connectivity index (χ0) is 17.0. The van der Waals surface area contributed by atoms with Crippen molar-refractivity contribution < 1.29 is 9.53 Å².